The van der Waals surface area contributed by atoms with Crippen LogP contribution in [0.4, 0.5) is 0 Å². The minimum atomic E-state index is -4.40. The van der Waals surface area contributed by atoms with E-state index in [9.17, 15) is 8.42 Å². The van der Waals surface area contributed by atoms with Gasteiger partial charge in [-0.1, -0.05) is 63.6 Å². The number of aryl methyl sites for hydroxylation is 1. The van der Waals surface area contributed by atoms with Gasteiger partial charge < -0.3 is 10.9 Å². The van der Waals surface area contributed by atoms with E-state index in [1.54, 1.807) is 0 Å². The molecule has 0 radical (unpaired) electrons. The molecule has 1 rings (SSSR count). The lowest BCUT2D eigenvalue weighted by Gasteiger charge is -2.11. The summed E-state index contributed by atoms with van der Waals surface area (Å²) in [5.74, 6) is 0.748. The third-order valence-electron chi connectivity index (χ3n) is 3.60. The molecule has 0 aromatic heterocycles. The first-order valence-electron chi connectivity index (χ1n) is 8.35. The summed E-state index contributed by atoms with van der Waals surface area (Å²) in [4.78, 5) is 0. The number of benzene rings is 1. The molecule has 0 fully saturated rings. The fraction of sp³-hybridized carbons (Fsp3) is 0.647. The number of hydrogen-bond donors (Lipinski definition) is 2. The topological polar surface area (TPSA) is 109 Å². The Kier molecular flexibility index (Phi) is 12.5. The molecule has 0 heterocycles. The summed E-state index contributed by atoms with van der Waals surface area (Å²) in [5, 5.41) is 0. The van der Waals surface area contributed by atoms with Gasteiger partial charge in [0.05, 0.1) is 0 Å². The number of rotatable bonds is 13. The smallest absolute Gasteiger partial charge is 0.397 e. The molecule has 5 N–H and O–H groups in total. The molecule has 0 aliphatic heterocycles. The van der Waals surface area contributed by atoms with Crippen LogP contribution in [0.25, 0.3) is 0 Å². The molecule has 0 atom stereocenters. The van der Waals surface area contributed by atoms with Crippen LogP contribution in [0.3, 0.4) is 0 Å². The van der Waals surface area contributed by atoms with E-state index in [1.807, 2.05) is 24.3 Å². The first-order valence-corrected chi connectivity index (χ1v) is 9.72. The highest BCUT2D eigenvalue weighted by Gasteiger charge is 2.06. The number of para-hydroxylation sites is 1. The molecule has 0 amide bonds. The fourth-order valence-corrected chi connectivity index (χ4v) is 2.69. The molecule has 0 unspecified atom stereocenters. The van der Waals surface area contributed by atoms with Gasteiger partial charge in [0.15, 0.2) is 0 Å². The second kappa shape index (κ2) is 13.2. The summed E-state index contributed by atoms with van der Waals surface area (Å²) >= 11 is 0. The zero-order chi connectivity index (χ0) is 17.0. The minimum Gasteiger partial charge on any atom is -0.491 e. The van der Waals surface area contributed by atoms with Gasteiger partial charge in [0.2, 0.25) is 0 Å². The van der Waals surface area contributed by atoms with Crippen molar-refractivity contribution in [2.45, 2.75) is 58.3 Å². The van der Waals surface area contributed by atoms with Crippen LogP contribution >= 0.6 is 0 Å². The zero-order valence-electron chi connectivity index (χ0n) is 14.9. The van der Waals surface area contributed by atoms with Crippen LogP contribution in [-0.2, 0) is 21.0 Å². The Morgan fingerprint density at radius 1 is 0.958 bits per heavy atom. The van der Waals surface area contributed by atoms with Crippen LogP contribution in [0.1, 0.15) is 57.4 Å². The van der Waals surface area contributed by atoms with Crippen molar-refractivity contribution in [3.8, 4) is 5.75 Å². The van der Waals surface area contributed by atoms with Crippen LogP contribution in [0.2, 0.25) is 0 Å². The van der Waals surface area contributed by atoms with Crippen LogP contribution in [0.5, 0.6) is 5.75 Å². The van der Waals surface area contributed by atoms with Gasteiger partial charge in [-0.2, -0.15) is 8.42 Å². The lowest BCUT2D eigenvalue weighted by atomic mass is 10.0. The minimum absolute atomic E-state index is 0. The SMILES string of the molecule is CCCCCCCCCc1ccccc1OCCOS(=O)(=O)O.[NH4+]. The Labute approximate surface area is 146 Å². The Balaban J connectivity index is 0.00000529. The van der Waals surface area contributed by atoms with E-state index < -0.39 is 10.4 Å². The average Bonchev–Trinajstić information content (AvgIpc) is 2.51. The molecule has 0 aliphatic rings. The van der Waals surface area contributed by atoms with Crippen LogP contribution < -0.4 is 10.9 Å². The van der Waals surface area contributed by atoms with Gasteiger partial charge in [-0.05, 0) is 24.5 Å². The van der Waals surface area contributed by atoms with Crippen LogP contribution in [0, 0.1) is 0 Å². The van der Waals surface area contributed by atoms with Gasteiger partial charge in [-0.3, -0.25) is 4.55 Å². The van der Waals surface area contributed by atoms with Gasteiger partial charge in [0.25, 0.3) is 0 Å². The van der Waals surface area contributed by atoms with Crippen molar-refractivity contribution < 1.29 is 21.9 Å². The Bertz CT molecular complexity index is 534. The van der Waals surface area contributed by atoms with E-state index >= 15 is 0 Å². The zero-order valence-corrected chi connectivity index (χ0v) is 15.7. The van der Waals surface area contributed by atoms with E-state index in [-0.39, 0.29) is 19.4 Å². The van der Waals surface area contributed by atoms with Crippen LogP contribution in [0.15, 0.2) is 24.3 Å². The standard InChI is InChI=1S/C17H28O5S.H3N/c1-2-3-4-5-6-7-8-11-16-12-9-10-13-17(16)21-14-15-22-23(18,19)20;/h9-10,12-13H,2-8,11,14-15H2,1H3,(H,18,19,20);1H3/p+1. The third-order valence-corrected chi connectivity index (χ3v) is 4.06. The second-order valence-electron chi connectivity index (χ2n) is 5.58. The molecule has 0 saturated carbocycles. The molecule has 7 heteroatoms. The average molecular weight is 363 g/mol. The molecule has 6 nitrogen and oxygen atoms in total. The molecule has 140 valence electrons. The maximum Gasteiger partial charge on any atom is 0.397 e. The number of quaternary nitrogens is 1. The monoisotopic (exact) mass is 362 g/mol. The van der Waals surface area contributed by atoms with Gasteiger partial charge in [0, 0.05) is 0 Å². The number of ether oxygens (including phenoxy) is 1. The molecule has 1 aromatic carbocycles. The van der Waals surface area contributed by atoms with Crippen molar-refractivity contribution in [2.75, 3.05) is 13.2 Å². The predicted octanol–water partition coefficient (Wildman–Crippen LogP) is 4.55. The molecular formula is C17H32NO5S+. The largest absolute Gasteiger partial charge is 0.491 e. The lowest BCUT2D eigenvalue weighted by Crippen LogP contribution is -2.12. The first kappa shape index (κ1) is 22.9. The van der Waals surface area contributed by atoms with Crippen molar-refractivity contribution in [1.29, 1.82) is 0 Å². The summed E-state index contributed by atoms with van der Waals surface area (Å²) in [6.45, 7) is 2.09. The van der Waals surface area contributed by atoms with Gasteiger partial charge in [-0.25, -0.2) is 4.18 Å². The molecular weight excluding hydrogens is 330 g/mol. The van der Waals surface area contributed by atoms with E-state index in [2.05, 4.69) is 11.1 Å². The van der Waals surface area contributed by atoms with Crippen molar-refractivity contribution in [3.63, 3.8) is 0 Å². The molecule has 0 saturated heterocycles. The first-order chi connectivity index (χ1) is 11.0. The predicted molar refractivity (Wildman–Crippen MR) is 97.1 cm³/mol. The van der Waals surface area contributed by atoms with E-state index in [0.717, 1.165) is 24.2 Å². The molecule has 0 bridgehead atoms. The molecule has 0 aliphatic carbocycles. The van der Waals surface area contributed by atoms with Gasteiger partial charge >= 0.3 is 10.4 Å². The quantitative estimate of drug-likeness (QED) is 0.395. The summed E-state index contributed by atoms with van der Waals surface area (Å²) in [7, 11) is -4.40. The summed E-state index contributed by atoms with van der Waals surface area (Å²) in [6, 6.07) is 7.74. The Hall–Kier alpha value is -1.15. The molecule has 0 spiro atoms. The maximum absolute atomic E-state index is 10.5. The van der Waals surface area contributed by atoms with Crippen molar-refractivity contribution in [1.82, 2.24) is 6.15 Å². The highest BCUT2D eigenvalue weighted by atomic mass is 32.3. The van der Waals surface area contributed by atoms with Gasteiger partial charge in [0.1, 0.15) is 19.0 Å². The lowest BCUT2D eigenvalue weighted by molar-refractivity contribution is 0.201. The molecule has 1 aromatic rings. The van der Waals surface area contributed by atoms with Crippen molar-refractivity contribution in [2.24, 2.45) is 0 Å². The summed E-state index contributed by atoms with van der Waals surface area (Å²) < 4.78 is 39.2. The highest BCUT2D eigenvalue weighted by Crippen LogP contribution is 2.21. The van der Waals surface area contributed by atoms with Crippen LogP contribution in [-0.4, -0.2) is 26.2 Å². The normalized spacial score (nSPS) is 11.1. The summed E-state index contributed by atoms with van der Waals surface area (Å²) in [6.07, 6.45) is 9.77. The number of hydrogen-bond acceptors (Lipinski definition) is 4. The van der Waals surface area contributed by atoms with E-state index in [1.165, 1.54) is 38.5 Å². The van der Waals surface area contributed by atoms with E-state index in [0.29, 0.717) is 0 Å². The van der Waals surface area contributed by atoms with Gasteiger partial charge in [-0.15, -0.1) is 0 Å². The third kappa shape index (κ3) is 11.4. The fourth-order valence-electron chi connectivity index (χ4n) is 2.41. The van der Waals surface area contributed by atoms with Crippen molar-refractivity contribution in [3.05, 3.63) is 29.8 Å². The Morgan fingerprint density at radius 2 is 1.58 bits per heavy atom. The number of unbranched alkanes of at least 4 members (excludes halogenated alkanes) is 6. The highest BCUT2D eigenvalue weighted by molar-refractivity contribution is 7.80. The Morgan fingerprint density at radius 3 is 2.25 bits per heavy atom. The summed E-state index contributed by atoms with van der Waals surface area (Å²) in [5.41, 5.74) is 1.12. The van der Waals surface area contributed by atoms with E-state index in [4.69, 9.17) is 9.29 Å². The van der Waals surface area contributed by atoms with Crippen molar-refractivity contribution >= 4 is 10.4 Å². The maximum atomic E-state index is 10.5. The molecule has 24 heavy (non-hydrogen) atoms. The second-order valence-corrected chi connectivity index (χ2v) is 6.67.